The Kier molecular flexibility index (Phi) is 8.92. The third-order valence-corrected chi connectivity index (χ3v) is 0.0667. The Morgan fingerprint density at radius 1 is 1.83 bits per heavy atom. The first kappa shape index (κ1) is 9.72. The van der Waals surface area contributed by atoms with Crippen molar-refractivity contribution in [1.82, 2.24) is 0 Å². The summed E-state index contributed by atoms with van der Waals surface area (Å²) >= 11 is 0. The van der Waals surface area contributed by atoms with E-state index in [0.29, 0.717) is 0 Å². The summed E-state index contributed by atoms with van der Waals surface area (Å²) in [6, 6.07) is 0. The normalized spacial score (nSPS) is 5.50. The zero-order valence-electron chi connectivity index (χ0n) is 2.62. The molecule has 1 N–H and O–H groups in total. The smallest absolute Gasteiger partial charge is 0.214 e. The van der Waals surface area contributed by atoms with Gasteiger partial charge in [-0.3, -0.25) is 0 Å². The van der Waals surface area contributed by atoms with Crippen molar-refractivity contribution in [1.29, 1.82) is 0 Å². The molecule has 0 aliphatic rings. The Hall–Kier alpha value is 0.511. The molecule has 0 aromatic rings. The summed E-state index contributed by atoms with van der Waals surface area (Å²) in [5, 5.41) is 14.3. The fraction of sp³-hybridized carbons (Fsp3) is 0. The van der Waals surface area contributed by atoms with Crippen molar-refractivity contribution in [3.63, 3.8) is 0 Å². The van der Waals surface area contributed by atoms with E-state index in [2.05, 4.69) is 4.99 Å². The van der Waals surface area contributed by atoms with Gasteiger partial charge in [0.1, 0.15) is 0 Å². The van der Waals surface area contributed by atoms with Crippen LogP contribution in [0.25, 0.3) is 0 Å². The fourth-order valence-corrected chi connectivity index (χ4v) is 0. The van der Waals surface area contributed by atoms with Crippen molar-refractivity contribution in [3.05, 3.63) is 10.1 Å². The second-order valence-corrected chi connectivity index (χ2v) is 0.305. The van der Waals surface area contributed by atoms with Gasteiger partial charge in [0.2, 0.25) is 0 Å². The van der Waals surface area contributed by atoms with Crippen LogP contribution in [0.1, 0.15) is 0 Å². The third kappa shape index (κ3) is 8.82. The summed E-state index contributed by atoms with van der Waals surface area (Å²) in [4.78, 5) is 11.2. The molecular weight excluding hydrogens is 222 g/mol. The Morgan fingerprint density at radius 3 is 2.00 bits per heavy atom. The molecule has 0 saturated carbocycles. The van der Waals surface area contributed by atoms with Gasteiger partial charge in [-0.2, -0.15) is 0 Å². The Bertz CT molecular complexity index is 42.8. The van der Waals surface area contributed by atoms with Crippen LogP contribution < -0.4 is 0 Å². The minimum Gasteiger partial charge on any atom is -0.214 e. The van der Waals surface area contributed by atoms with E-state index in [0.717, 1.165) is 0 Å². The van der Waals surface area contributed by atoms with Gasteiger partial charge in [0.05, 0.1) is 0 Å². The van der Waals surface area contributed by atoms with E-state index in [-0.39, 0.29) is 40.8 Å². The van der Waals surface area contributed by atoms with Gasteiger partial charge in [0.25, 0.3) is 0 Å². The van der Waals surface area contributed by atoms with E-state index in [9.17, 15) is 0 Å². The van der Waals surface area contributed by atoms with E-state index < -0.39 is 5.09 Å². The van der Waals surface area contributed by atoms with Crippen LogP contribution in [0.3, 0.4) is 0 Å². The summed E-state index contributed by atoms with van der Waals surface area (Å²) in [6.07, 6.45) is 0. The largest absolute Gasteiger partial charge is 0.322 e. The number of hydrogen-bond donors (Lipinski definition) is 1. The molecule has 6 heavy (non-hydrogen) atoms. The Morgan fingerprint density at radius 2 is 2.00 bits per heavy atom. The van der Waals surface area contributed by atoms with E-state index in [1.807, 2.05) is 0 Å². The second-order valence-electron chi connectivity index (χ2n) is 0.305. The SMILES string of the molecule is O=[N+]([O-])OO.[Nd]. The minimum absolute atomic E-state index is 0. The van der Waals surface area contributed by atoms with Crippen molar-refractivity contribution in [2.75, 3.05) is 0 Å². The van der Waals surface area contributed by atoms with Crippen molar-refractivity contribution >= 4 is 0 Å². The molecule has 0 aliphatic carbocycles. The predicted octanol–water partition coefficient (Wildman–Crippen LogP) is -0.332. The van der Waals surface area contributed by atoms with Crippen LogP contribution in [0.2, 0.25) is 0 Å². The third-order valence-electron chi connectivity index (χ3n) is 0.0667. The minimum atomic E-state index is -1.32. The average molecular weight is 223 g/mol. The quantitative estimate of drug-likeness (QED) is 0.375. The monoisotopic (exact) mass is 221 g/mol. The topological polar surface area (TPSA) is 72.6 Å². The molecule has 0 aromatic carbocycles. The average Bonchev–Trinajstić information content (AvgIpc) is 1.38. The molecule has 0 saturated heterocycles. The summed E-state index contributed by atoms with van der Waals surface area (Å²) in [6.45, 7) is 0. The fourth-order valence-electron chi connectivity index (χ4n) is 0. The zero-order valence-corrected chi connectivity index (χ0v) is 5.83. The van der Waals surface area contributed by atoms with Gasteiger partial charge >= 0.3 is 5.09 Å². The molecule has 0 unspecified atom stereocenters. The van der Waals surface area contributed by atoms with E-state index in [1.54, 1.807) is 0 Å². The van der Waals surface area contributed by atoms with E-state index >= 15 is 0 Å². The number of nitrogens with zero attached hydrogens (tertiary/aromatic N) is 1. The maximum absolute atomic E-state index is 8.70. The zero-order chi connectivity index (χ0) is 4.28. The van der Waals surface area contributed by atoms with Gasteiger partial charge in [-0.25, -0.2) is 5.26 Å². The first-order chi connectivity index (χ1) is 2.27. The molecule has 34 valence electrons. The van der Waals surface area contributed by atoms with Crippen molar-refractivity contribution < 1.29 is 56.2 Å². The van der Waals surface area contributed by atoms with Gasteiger partial charge < -0.3 is 0 Å². The van der Waals surface area contributed by atoms with Crippen LogP contribution in [0.15, 0.2) is 0 Å². The number of hydrogen-bond acceptors (Lipinski definition) is 4. The second kappa shape index (κ2) is 5.51. The molecule has 0 aromatic heterocycles. The molecular formula is HNNdO4. The molecule has 0 atom stereocenters. The van der Waals surface area contributed by atoms with Gasteiger partial charge in [-0.1, -0.05) is 0 Å². The molecule has 0 aliphatic heterocycles. The van der Waals surface area contributed by atoms with Crippen molar-refractivity contribution in [2.45, 2.75) is 0 Å². The van der Waals surface area contributed by atoms with Crippen LogP contribution in [-0.2, 0) is 4.99 Å². The van der Waals surface area contributed by atoms with Gasteiger partial charge in [-0.05, 0) is 0 Å². The molecule has 0 radical (unpaired) electrons. The molecule has 5 nitrogen and oxygen atoms in total. The standard InChI is InChI=1S/HNO4.Nd/c2-1(3)5-4;/h4H;. The Labute approximate surface area is 65.8 Å². The Balaban J connectivity index is 0. The van der Waals surface area contributed by atoms with Crippen LogP contribution in [0.4, 0.5) is 0 Å². The summed E-state index contributed by atoms with van der Waals surface area (Å²) in [5.74, 6) is 0. The van der Waals surface area contributed by atoms with Crippen molar-refractivity contribution in [2.24, 2.45) is 0 Å². The van der Waals surface area contributed by atoms with E-state index in [1.165, 1.54) is 0 Å². The molecule has 0 heterocycles. The van der Waals surface area contributed by atoms with Crippen LogP contribution in [-0.4, -0.2) is 10.3 Å². The summed E-state index contributed by atoms with van der Waals surface area (Å²) in [7, 11) is 0. The summed E-state index contributed by atoms with van der Waals surface area (Å²) in [5.41, 5.74) is 0. The summed E-state index contributed by atoms with van der Waals surface area (Å²) < 4.78 is 0. The molecule has 0 amide bonds. The molecule has 0 spiro atoms. The van der Waals surface area contributed by atoms with Gasteiger partial charge in [-0.15, -0.1) is 15.1 Å². The van der Waals surface area contributed by atoms with Crippen LogP contribution in [0, 0.1) is 51.0 Å². The van der Waals surface area contributed by atoms with Gasteiger partial charge in [0.15, 0.2) is 0 Å². The maximum atomic E-state index is 8.70. The predicted molar refractivity (Wildman–Crippen MR) is 10.7 cm³/mol. The maximum Gasteiger partial charge on any atom is 0.322 e. The van der Waals surface area contributed by atoms with Crippen LogP contribution in [0.5, 0.6) is 0 Å². The van der Waals surface area contributed by atoms with Gasteiger partial charge in [0, 0.05) is 40.8 Å². The first-order valence-corrected chi connectivity index (χ1v) is 0.730. The first-order valence-electron chi connectivity index (χ1n) is 0.730. The molecule has 0 rings (SSSR count). The molecule has 6 heteroatoms. The van der Waals surface area contributed by atoms with E-state index in [4.69, 9.17) is 15.4 Å². The number of rotatable bonds is 1. The molecule has 0 fully saturated rings. The molecule has 0 bridgehead atoms. The van der Waals surface area contributed by atoms with Crippen LogP contribution >= 0.6 is 0 Å². The van der Waals surface area contributed by atoms with Crippen molar-refractivity contribution in [3.8, 4) is 0 Å².